The van der Waals surface area contributed by atoms with Crippen molar-refractivity contribution in [2.45, 2.75) is 18.6 Å². The number of nitrogen functional groups attached to an aromatic ring is 1. The van der Waals surface area contributed by atoms with E-state index < -0.39 is 17.1 Å². The van der Waals surface area contributed by atoms with Gasteiger partial charge in [-0.05, 0) is 25.1 Å². The summed E-state index contributed by atoms with van der Waals surface area (Å²) in [6.07, 6.45) is -2.38. The smallest absolute Gasteiger partial charge is 0.275 e. The Bertz CT molecular complexity index is 411. The summed E-state index contributed by atoms with van der Waals surface area (Å²) in [5.74, 6) is 0. The Morgan fingerprint density at radius 2 is 2.06 bits per heavy atom. The average Bonchev–Trinajstić information content (AvgIpc) is 2.27. The number of rotatable bonds is 5. The lowest BCUT2D eigenvalue weighted by molar-refractivity contribution is -0.386. The van der Waals surface area contributed by atoms with Crippen molar-refractivity contribution < 1.29 is 15.1 Å². The largest absolute Gasteiger partial charge is 0.399 e. The molecule has 0 aliphatic carbocycles. The number of aliphatic hydroxyl groups is 2. The molecule has 1 aromatic carbocycles. The second-order valence-electron chi connectivity index (χ2n) is 3.66. The van der Waals surface area contributed by atoms with E-state index in [1.807, 2.05) is 0 Å². The minimum Gasteiger partial charge on any atom is -0.399 e. The molecule has 2 atom stereocenters. The Morgan fingerprint density at radius 1 is 1.41 bits per heavy atom. The predicted octanol–water partition coefficient (Wildman–Crippen LogP) is -0.0799. The van der Waals surface area contributed by atoms with Crippen LogP contribution in [0.3, 0.4) is 0 Å². The van der Waals surface area contributed by atoms with Crippen molar-refractivity contribution in [1.82, 2.24) is 0 Å². The van der Waals surface area contributed by atoms with Gasteiger partial charge in [0.2, 0.25) is 0 Å². The number of nitrogens with two attached hydrogens (primary N) is 2. The maximum Gasteiger partial charge on any atom is 0.275 e. The first-order valence-corrected chi connectivity index (χ1v) is 5.07. The molecule has 2 unspecified atom stereocenters. The third kappa shape index (κ3) is 3.13. The van der Waals surface area contributed by atoms with E-state index in [4.69, 9.17) is 11.5 Å². The lowest BCUT2D eigenvalue weighted by Crippen LogP contribution is -2.22. The number of hydrogen-bond acceptors (Lipinski definition) is 6. The zero-order valence-electron chi connectivity index (χ0n) is 9.11. The molecule has 6 N–H and O–H groups in total. The summed E-state index contributed by atoms with van der Waals surface area (Å²) >= 11 is 0. The summed E-state index contributed by atoms with van der Waals surface area (Å²) in [7, 11) is 0. The molecule has 0 amide bonds. The summed E-state index contributed by atoms with van der Waals surface area (Å²) in [5.41, 5.74) is 10.7. The van der Waals surface area contributed by atoms with Gasteiger partial charge in [0.25, 0.3) is 5.69 Å². The van der Waals surface area contributed by atoms with Crippen molar-refractivity contribution in [3.8, 4) is 0 Å². The highest BCUT2D eigenvalue weighted by Gasteiger charge is 2.25. The van der Waals surface area contributed by atoms with Crippen LogP contribution in [0.5, 0.6) is 0 Å². The highest BCUT2D eigenvalue weighted by molar-refractivity contribution is 5.52. The van der Waals surface area contributed by atoms with Gasteiger partial charge in [-0.1, -0.05) is 0 Å². The van der Waals surface area contributed by atoms with Crippen LogP contribution in [0.25, 0.3) is 0 Å². The molecule has 94 valence electrons. The van der Waals surface area contributed by atoms with Crippen LogP contribution < -0.4 is 11.5 Å². The topological polar surface area (TPSA) is 136 Å². The van der Waals surface area contributed by atoms with Crippen molar-refractivity contribution >= 4 is 11.4 Å². The number of nitro benzene ring substituents is 1. The molecule has 0 aromatic heterocycles. The number of nitro groups is 1. The molecule has 0 spiro atoms. The van der Waals surface area contributed by atoms with Gasteiger partial charge in [0, 0.05) is 11.8 Å². The summed E-state index contributed by atoms with van der Waals surface area (Å²) in [4.78, 5) is 10.1. The van der Waals surface area contributed by atoms with E-state index in [2.05, 4.69) is 0 Å². The molecule has 0 saturated heterocycles. The standard InChI is InChI=1S/C10H15N3O4/c11-4-3-9(14)10(15)7-5-6(12)1-2-8(7)13(16)17/h1-2,5,9-10,14-15H,3-4,11-12H2. The SMILES string of the molecule is NCCC(O)C(O)c1cc(N)ccc1[N+](=O)[O-]. The lowest BCUT2D eigenvalue weighted by atomic mass is 10.00. The van der Waals surface area contributed by atoms with Gasteiger partial charge in [-0.15, -0.1) is 0 Å². The summed E-state index contributed by atoms with van der Waals surface area (Å²) in [6.45, 7) is 0.175. The number of nitrogens with zero attached hydrogens (tertiary/aromatic N) is 1. The van der Waals surface area contributed by atoms with Gasteiger partial charge >= 0.3 is 0 Å². The van der Waals surface area contributed by atoms with Gasteiger partial charge in [-0.3, -0.25) is 10.1 Å². The fraction of sp³-hybridized carbons (Fsp3) is 0.400. The van der Waals surface area contributed by atoms with Crippen LogP contribution in [0.2, 0.25) is 0 Å². The van der Waals surface area contributed by atoms with Crippen LogP contribution >= 0.6 is 0 Å². The maximum atomic E-state index is 10.8. The van der Waals surface area contributed by atoms with E-state index in [0.717, 1.165) is 0 Å². The van der Waals surface area contributed by atoms with E-state index in [-0.39, 0.29) is 29.9 Å². The number of aliphatic hydroxyl groups excluding tert-OH is 2. The zero-order valence-corrected chi connectivity index (χ0v) is 9.11. The molecule has 0 fully saturated rings. The van der Waals surface area contributed by atoms with Crippen LogP contribution in [0.1, 0.15) is 18.1 Å². The quantitative estimate of drug-likeness (QED) is 0.323. The monoisotopic (exact) mass is 241 g/mol. The molecule has 0 bridgehead atoms. The molecule has 17 heavy (non-hydrogen) atoms. The normalized spacial score (nSPS) is 14.3. The van der Waals surface area contributed by atoms with Gasteiger partial charge in [-0.2, -0.15) is 0 Å². The Morgan fingerprint density at radius 3 is 2.59 bits per heavy atom. The van der Waals surface area contributed by atoms with E-state index >= 15 is 0 Å². The van der Waals surface area contributed by atoms with E-state index in [9.17, 15) is 20.3 Å². The van der Waals surface area contributed by atoms with Crippen molar-refractivity contribution in [3.63, 3.8) is 0 Å². The van der Waals surface area contributed by atoms with Crippen molar-refractivity contribution in [1.29, 1.82) is 0 Å². The number of benzene rings is 1. The van der Waals surface area contributed by atoms with E-state index in [1.165, 1.54) is 18.2 Å². The fourth-order valence-corrected chi connectivity index (χ4v) is 1.51. The van der Waals surface area contributed by atoms with E-state index in [0.29, 0.717) is 0 Å². The third-order valence-corrected chi connectivity index (χ3v) is 2.39. The highest BCUT2D eigenvalue weighted by atomic mass is 16.6. The van der Waals surface area contributed by atoms with Crippen LogP contribution in [0.15, 0.2) is 18.2 Å². The molecule has 7 heteroatoms. The van der Waals surface area contributed by atoms with Crippen molar-refractivity contribution in [2.24, 2.45) is 5.73 Å². The fourth-order valence-electron chi connectivity index (χ4n) is 1.51. The maximum absolute atomic E-state index is 10.8. The Kier molecular flexibility index (Phi) is 4.38. The molecule has 0 radical (unpaired) electrons. The summed E-state index contributed by atoms with van der Waals surface area (Å²) in [6, 6.07) is 3.84. The first-order chi connectivity index (χ1) is 7.97. The van der Waals surface area contributed by atoms with Crippen LogP contribution in [-0.2, 0) is 0 Å². The van der Waals surface area contributed by atoms with Gasteiger partial charge < -0.3 is 21.7 Å². The Balaban J connectivity index is 3.10. The molecule has 0 heterocycles. The zero-order chi connectivity index (χ0) is 13.0. The first kappa shape index (κ1) is 13.4. The van der Waals surface area contributed by atoms with Gasteiger partial charge in [-0.25, -0.2) is 0 Å². The molecule has 7 nitrogen and oxygen atoms in total. The van der Waals surface area contributed by atoms with Crippen molar-refractivity contribution in [3.05, 3.63) is 33.9 Å². The Hall–Kier alpha value is -1.70. The van der Waals surface area contributed by atoms with Crippen LogP contribution in [-0.4, -0.2) is 27.8 Å². The van der Waals surface area contributed by atoms with Gasteiger partial charge in [0.1, 0.15) is 6.10 Å². The first-order valence-electron chi connectivity index (χ1n) is 5.07. The molecule has 0 aliphatic rings. The molecular weight excluding hydrogens is 226 g/mol. The lowest BCUT2D eigenvalue weighted by Gasteiger charge is -2.17. The molecule has 0 aliphatic heterocycles. The number of hydrogen-bond donors (Lipinski definition) is 4. The molecule has 1 aromatic rings. The summed E-state index contributed by atoms with van der Waals surface area (Å²) in [5, 5.41) is 30.1. The van der Waals surface area contributed by atoms with Gasteiger partial charge in [0.15, 0.2) is 0 Å². The van der Waals surface area contributed by atoms with E-state index in [1.54, 1.807) is 0 Å². The highest BCUT2D eigenvalue weighted by Crippen LogP contribution is 2.29. The van der Waals surface area contributed by atoms with Gasteiger partial charge in [0.05, 0.1) is 16.6 Å². The number of anilines is 1. The Labute approximate surface area is 97.8 Å². The minimum atomic E-state index is -1.37. The molecule has 1 rings (SSSR count). The van der Waals surface area contributed by atoms with Crippen molar-refractivity contribution in [2.75, 3.05) is 12.3 Å². The van der Waals surface area contributed by atoms with Crippen LogP contribution in [0.4, 0.5) is 11.4 Å². The van der Waals surface area contributed by atoms with Crippen LogP contribution in [0, 0.1) is 10.1 Å². The third-order valence-electron chi connectivity index (χ3n) is 2.39. The second kappa shape index (κ2) is 5.58. The molecular formula is C10H15N3O4. The second-order valence-corrected chi connectivity index (χ2v) is 3.66. The average molecular weight is 241 g/mol. The summed E-state index contributed by atoms with van der Waals surface area (Å²) < 4.78 is 0. The molecule has 0 saturated carbocycles. The minimum absolute atomic E-state index is 0.00375. The predicted molar refractivity (Wildman–Crippen MR) is 62.1 cm³/mol.